The number of rotatable bonds is 4. The first-order valence-corrected chi connectivity index (χ1v) is 5.26. The van der Waals surface area contributed by atoms with Gasteiger partial charge in [-0.25, -0.2) is 4.39 Å². The maximum absolute atomic E-state index is 13.0. The Bertz CT molecular complexity index is 357. The van der Waals surface area contributed by atoms with Crippen LogP contribution in [-0.2, 0) is 6.54 Å². The van der Waals surface area contributed by atoms with Crippen molar-refractivity contribution in [1.29, 1.82) is 0 Å². The molecule has 0 atom stereocenters. The molecule has 0 saturated carbocycles. The van der Waals surface area contributed by atoms with Gasteiger partial charge in [0.15, 0.2) is 0 Å². The van der Waals surface area contributed by atoms with Crippen molar-refractivity contribution >= 4 is 11.6 Å². The quantitative estimate of drug-likeness (QED) is 0.613. The third kappa shape index (κ3) is 4.02. The highest BCUT2D eigenvalue weighted by atomic mass is 35.5. The van der Waals surface area contributed by atoms with Gasteiger partial charge in [-0.05, 0) is 25.5 Å². The van der Waals surface area contributed by atoms with Crippen LogP contribution in [0.2, 0.25) is 5.02 Å². The fraction of sp³-hybridized carbons (Fsp3) is 0.333. The van der Waals surface area contributed by atoms with E-state index in [1.165, 1.54) is 11.6 Å². The second-order valence-electron chi connectivity index (χ2n) is 3.63. The molecule has 0 heterocycles. The molecule has 0 saturated heterocycles. The molecule has 1 nitrogen and oxygen atoms in total. The molecular weight excluding hydrogens is 213 g/mol. The first kappa shape index (κ1) is 12.2. The minimum Gasteiger partial charge on any atom is -0.309 e. The Hall–Kier alpha value is -0.860. The molecule has 0 aromatic heterocycles. The van der Waals surface area contributed by atoms with E-state index in [1.54, 1.807) is 6.07 Å². The van der Waals surface area contributed by atoms with Crippen LogP contribution in [0.3, 0.4) is 0 Å². The van der Waals surface area contributed by atoms with E-state index in [0.29, 0.717) is 6.54 Å². The Kier molecular flexibility index (Phi) is 4.79. The lowest BCUT2D eigenvalue weighted by Gasteiger charge is -2.05. The molecular formula is C12H15ClFN. The Balaban J connectivity index is 2.51. The van der Waals surface area contributed by atoms with Gasteiger partial charge in [0.2, 0.25) is 0 Å². The summed E-state index contributed by atoms with van der Waals surface area (Å²) in [5.74, 6) is -0.363. The van der Waals surface area contributed by atoms with Crippen molar-refractivity contribution in [3.8, 4) is 0 Å². The van der Waals surface area contributed by atoms with E-state index in [9.17, 15) is 4.39 Å². The lowest BCUT2D eigenvalue weighted by atomic mass is 10.2. The lowest BCUT2D eigenvalue weighted by Crippen LogP contribution is -2.13. The van der Waals surface area contributed by atoms with E-state index in [2.05, 4.69) is 11.4 Å². The van der Waals surface area contributed by atoms with Crippen LogP contribution in [0.5, 0.6) is 0 Å². The van der Waals surface area contributed by atoms with Crippen LogP contribution in [0, 0.1) is 5.82 Å². The summed E-state index contributed by atoms with van der Waals surface area (Å²) < 4.78 is 13.0. The van der Waals surface area contributed by atoms with E-state index in [4.69, 9.17) is 11.6 Å². The van der Waals surface area contributed by atoms with Gasteiger partial charge in [-0.15, -0.1) is 0 Å². The predicted molar refractivity (Wildman–Crippen MR) is 62.5 cm³/mol. The highest BCUT2D eigenvalue weighted by Gasteiger charge is 2.03. The summed E-state index contributed by atoms with van der Waals surface area (Å²) in [5.41, 5.74) is 2.05. The Labute approximate surface area is 95.0 Å². The summed E-state index contributed by atoms with van der Waals surface area (Å²) in [6, 6.07) is 4.85. The first-order chi connectivity index (χ1) is 7.11. The SMILES string of the molecule is CC(C)=CCNCc1cccc(F)c1Cl. The van der Waals surface area contributed by atoms with Gasteiger partial charge in [0, 0.05) is 13.1 Å². The van der Waals surface area contributed by atoms with Crippen molar-refractivity contribution in [2.45, 2.75) is 20.4 Å². The molecule has 0 amide bonds. The molecule has 82 valence electrons. The average molecular weight is 228 g/mol. The first-order valence-electron chi connectivity index (χ1n) is 4.88. The van der Waals surface area contributed by atoms with Crippen molar-refractivity contribution in [2.24, 2.45) is 0 Å². The molecule has 0 radical (unpaired) electrons. The zero-order valence-electron chi connectivity index (χ0n) is 8.98. The van der Waals surface area contributed by atoms with Gasteiger partial charge in [0.05, 0.1) is 5.02 Å². The van der Waals surface area contributed by atoms with Crippen LogP contribution < -0.4 is 5.32 Å². The number of benzene rings is 1. The highest BCUT2D eigenvalue weighted by Crippen LogP contribution is 2.19. The van der Waals surface area contributed by atoms with Crippen LogP contribution in [-0.4, -0.2) is 6.54 Å². The molecule has 1 aromatic rings. The summed E-state index contributed by atoms with van der Waals surface area (Å²) in [4.78, 5) is 0. The molecule has 0 aliphatic heterocycles. The summed E-state index contributed by atoms with van der Waals surface area (Å²) in [5, 5.41) is 3.38. The van der Waals surface area contributed by atoms with E-state index < -0.39 is 0 Å². The minimum absolute atomic E-state index is 0.210. The summed E-state index contributed by atoms with van der Waals surface area (Å²) in [7, 11) is 0. The van der Waals surface area contributed by atoms with E-state index in [-0.39, 0.29) is 10.8 Å². The standard InChI is InChI=1S/C12H15ClFN/c1-9(2)6-7-15-8-10-4-3-5-11(14)12(10)13/h3-6,15H,7-8H2,1-2H3. The van der Waals surface area contributed by atoms with Gasteiger partial charge in [-0.1, -0.05) is 35.4 Å². The topological polar surface area (TPSA) is 12.0 Å². The van der Waals surface area contributed by atoms with Crippen molar-refractivity contribution in [3.05, 3.63) is 46.3 Å². The zero-order chi connectivity index (χ0) is 11.3. The van der Waals surface area contributed by atoms with Crippen LogP contribution in [0.1, 0.15) is 19.4 Å². The monoisotopic (exact) mass is 227 g/mol. The van der Waals surface area contributed by atoms with Crippen LogP contribution >= 0.6 is 11.6 Å². The van der Waals surface area contributed by atoms with Crippen LogP contribution in [0.4, 0.5) is 4.39 Å². The van der Waals surface area contributed by atoms with Gasteiger partial charge in [0.1, 0.15) is 5.82 Å². The normalized spacial score (nSPS) is 10.1. The minimum atomic E-state index is -0.363. The van der Waals surface area contributed by atoms with Crippen molar-refractivity contribution in [2.75, 3.05) is 6.54 Å². The molecule has 0 bridgehead atoms. The Morgan fingerprint density at radius 2 is 2.20 bits per heavy atom. The summed E-state index contributed by atoms with van der Waals surface area (Å²) in [6.07, 6.45) is 2.08. The number of allylic oxidation sites excluding steroid dienone is 1. The molecule has 15 heavy (non-hydrogen) atoms. The number of nitrogens with one attached hydrogen (secondary N) is 1. The van der Waals surface area contributed by atoms with Crippen molar-refractivity contribution < 1.29 is 4.39 Å². The third-order valence-corrected chi connectivity index (χ3v) is 2.42. The lowest BCUT2D eigenvalue weighted by molar-refractivity contribution is 0.623. The van der Waals surface area contributed by atoms with E-state index in [0.717, 1.165) is 12.1 Å². The highest BCUT2D eigenvalue weighted by molar-refractivity contribution is 6.31. The molecule has 0 unspecified atom stereocenters. The molecule has 0 aliphatic rings. The van der Waals surface area contributed by atoms with Gasteiger partial charge in [0.25, 0.3) is 0 Å². The van der Waals surface area contributed by atoms with E-state index >= 15 is 0 Å². The molecule has 1 rings (SSSR count). The molecule has 0 aliphatic carbocycles. The van der Waals surface area contributed by atoms with Crippen molar-refractivity contribution in [1.82, 2.24) is 5.32 Å². The van der Waals surface area contributed by atoms with E-state index in [1.807, 2.05) is 19.9 Å². The number of hydrogen-bond acceptors (Lipinski definition) is 1. The maximum atomic E-state index is 13.0. The average Bonchev–Trinajstić information content (AvgIpc) is 2.18. The fourth-order valence-corrected chi connectivity index (χ4v) is 1.36. The Morgan fingerprint density at radius 3 is 2.87 bits per heavy atom. The second kappa shape index (κ2) is 5.89. The molecule has 0 fully saturated rings. The number of halogens is 2. The van der Waals surface area contributed by atoms with Gasteiger partial charge >= 0.3 is 0 Å². The summed E-state index contributed by atoms with van der Waals surface area (Å²) in [6.45, 7) is 5.43. The molecule has 1 N–H and O–H groups in total. The van der Waals surface area contributed by atoms with Crippen LogP contribution in [0.15, 0.2) is 29.8 Å². The predicted octanol–water partition coefficient (Wildman–Crippen LogP) is 3.53. The van der Waals surface area contributed by atoms with Gasteiger partial charge in [-0.2, -0.15) is 0 Å². The molecule has 1 aromatic carbocycles. The molecule has 3 heteroatoms. The number of hydrogen-bond donors (Lipinski definition) is 1. The summed E-state index contributed by atoms with van der Waals surface area (Å²) >= 11 is 5.80. The third-order valence-electron chi connectivity index (χ3n) is 2.00. The van der Waals surface area contributed by atoms with Crippen molar-refractivity contribution in [3.63, 3.8) is 0 Å². The Morgan fingerprint density at radius 1 is 1.47 bits per heavy atom. The van der Waals surface area contributed by atoms with Crippen LogP contribution in [0.25, 0.3) is 0 Å². The van der Waals surface area contributed by atoms with Gasteiger partial charge < -0.3 is 5.32 Å². The molecule has 0 spiro atoms. The second-order valence-corrected chi connectivity index (χ2v) is 4.00. The largest absolute Gasteiger partial charge is 0.309 e. The maximum Gasteiger partial charge on any atom is 0.142 e. The fourth-order valence-electron chi connectivity index (χ4n) is 1.17. The van der Waals surface area contributed by atoms with Gasteiger partial charge in [-0.3, -0.25) is 0 Å². The smallest absolute Gasteiger partial charge is 0.142 e. The zero-order valence-corrected chi connectivity index (χ0v) is 9.74.